The molecule has 1 amide bonds. The van der Waals surface area contributed by atoms with Crippen LogP contribution in [0.2, 0.25) is 0 Å². The number of nitrogens with one attached hydrogen (secondary N) is 1. The molecule has 0 saturated heterocycles. The summed E-state index contributed by atoms with van der Waals surface area (Å²) in [6, 6.07) is 12.8. The molecule has 0 aliphatic carbocycles. The first-order valence-corrected chi connectivity index (χ1v) is 9.83. The van der Waals surface area contributed by atoms with Gasteiger partial charge >= 0.3 is 5.97 Å². The maximum absolute atomic E-state index is 12.3. The Hall–Kier alpha value is -2.67. The van der Waals surface area contributed by atoms with Crippen LogP contribution in [0, 0.1) is 6.92 Å². The molecule has 0 fully saturated rings. The first kappa shape index (κ1) is 19.7. The van der Waals surface area contributed by atoms with Crippen LogP contribution in [-0.4, -0.2) is 32.7 Å². The molecule has 26 heavy (non-hydrogen) atoms. The van der Waals surface area contributed by atoms with E-state index in [0.29, 0.717) is 11.3 Å². The van der Waals surface area contributed by atoms with E-state index < -0.39 is 21.7 Å². The number of ether oxygens (including phenoxy) is 1. The van der Waals surface area contributed by atoms with E-state index in [1.165, 1.54) is 18.2 Å². The fraction of sp³-hybridized carbons (Fsp3) is 0.263. The summed E-state index contributed by atoms with van der Waals surface area (Å²) < 4.78 is 29.5. The molecule has 1 N–H and O–H groups in total. The molecular formula is C19H21NO5S. The first-order chi connectivity index (χ1) is 12.3. The standard InChI is InChI=1S/C19H21NO5S/c1-3-25-19(22)15-5-4-6-16(13-15)20-18(21)11-12-26(23,24)17-9-7-14(2)8-10-17/h4-10,13H,3,11-12H2,1-2H3,(H,20,21). The fourth-order valence-corrected chi connectivity index (χ4v) is 3.49. The lowest BCUT2D eigenvalue weighted by atomic mass is 10.2. The van der Waals surface area contributed by atoms with Gasteiger partial charge in [-0.25, -0.2) is 13.2 Å². The molecule has 0 heterocycles. The zero-order valence-corrected chi connectivity index (χ0v) is 15.5. The molecule has 0 bridgehead atoms. The third-order valence-corrected chi connectivity index (χ3v) is 5.37. The van der Waals surface area contributed by atoms with Crippen molar-refractivity contribution in [1.82, 2.24) is 0 Å². The summed E-state index contributed by atoms with van der Waals surface area (Å²) in [6.07, 6.45) is -0.181. The van der Waals surface area contributed by atoms with Gasteiger partial charge < -0.3 is 10.1 Å². The van der Waals surface area contributed by atoms with Crippen molar-refractivity contribution in [2.75, 3.05) is 17.7 Å². The summed E-state index contributed by atoms with van der Waals surface area (Å²) >= 11 is 0. The van der Waals surface area contributed by atoms with Crippen LogP contribution >= 0.6 is 0 Å². The Morgan fingerprint density at radius 2 is 1.77 bits per heavy atom. The summed E-state index contributed by atoms with van der Waals surface area (Å²) in [5.74, 6) is -1.22. The highest BCUT2D eigenvalue weighted by Gasteiger charge is 2.16. The van der Waals surface area contributed by atoms with Crippen LogP contribution in [-0.2, 0) is 19.4 Å². The Bertz CT molecular complexity index is 888. The van der Waals surface area contributed by atoms with E-state index in [2.05, 4.69) is 5.32 Å². The third-order valence-electron chi connectivity index (χ3n) is 3.64. The Labute approximate surface area is 153 Å². The Morgan fingerprint density at radius 1 is 1.08 bits per heavy atom. The van der Waals surface area contributed by atoms with Crippen molar-refractivity contribution in [1.29, 1.82) is 0 Å². The number of esters is 1. The van der Waals surface area contributed by atoms with Crippen molar-refractivity contribution in [3.63, 3.8) is 0 Å². The lowest BCUT2D eigenvalue weighted by Gasteiger charge is -2.08. The predicted octanol–water partition coefficient (Wildman–Crippen LogP) is 2.97. The van der Waals surface area contributed by atoms with Gasteiger partial charge in [0.05, 0.1) is 22.8 Å². The van der Waals surface area contributed by atoms with Crippen molar-refractivity contribution in [2.24, 2.45) is 0 Å². The maximum Gasteiger partial charge on any atom is 0.338 e. The van der Waals surface area contributed by atoms with Crippen molar-refractivity contribution in [3.8, 4) is 0 Å². The number of hydrogen-bond acceptors (Lipinski definition) is 5. The summed E-state index contributed by atoms with van der Waals surface area (Å²) in [6.45, 7) is 3.83. The predicted molar refractivity (Wildman–Crippen MR) is 98.9 cm³/mol. The molecule has 0 aliphatic heterocycles. The van der Waals surface area contributed by atoms with Gasteiger partial charge in [-0.3, -0.25) is 4.79 Å². The topological polar surface area (TPSA) is 89.5 Å². The minimum atomic E-state index is -3.53. The zero-order chi connectivity index (χ0) is 19.2. The van der Waals surface area contributed by atoms with Gasteiger partial charge in [0.2, 0.25) is 5.91 Å². The second-order valence-electron chi connectivity index (χ2n) is 5.73. The van der Waals surface area contributed by atoms with Gasteiger partial charge in [0.15, 0.2) is 9.84 Å². The van der Waals surface area contributed by atoms with Crippen molar-refractivity contribution < 1.29 is 22.7 Å². The van der Waals surface area contributed by atoms with Crippen LogP contribution in [0.3, 0.4) is 0 Å². The van der Waals surface area contributed by atoms with Crippen LogP contribution < -0.4 is 5.32 Å². The SMILES string of the molecule is CCOC(=O)c1cccc(NC(=O)CCS(=O)(=O)c2ccc(C)cc2)c1. The first-order valence-electron chi connectivity index (χ1n) is 8.18. The van der Waals surface area contributed by atoms with E-state index in [0.717, 1.165) is 5.56 Å². The van der Waals surface area contributed by atoms with E-state index in [4.69, 9.17) is 4.74 Å². The molecule has 2 aromatic rings. The summed E-state index contributed by atoms with van der Waals surface area (Å²) in [4.78, 5) is 24.0. The van der Waals surface area contributed by atoms with Gasteiger partial charge in [0.1, 0.15) is 0 Å². The van der Waals surface area contributed by atoms with Gasteiger partial charge in [0.25, 0.3) is 0 Å². The van der Waals surface area contributed by atoms with Crippen LogP contribution in [0.5, 0.6) is 0 Å². The summed E-state index contributed by atoms with van der Waals surface area (Å²) in [5, 5.41) is 2.60. The lowest BCUT2D eigenvalue weighted by molar-refractivity contribution is -0.115. The molecule has 0 spiro atoms. The molecule has 138 valence electrons. The van der Waals surface area contributed by atoms with Crippen molar-refractivity contribution >= 4 is 27.4 Å². The lowest BCUT2D eigenvalue weighted by Crippen LogP contribution is -2.17. The van der Waals surface area contributed by atoms with E-state index in [9.17, 15) is 18.0 Å². The van der Waals surface area contributed by atoms with Crippen molar-refractivity contribution in [2.45, 2.75) is 25.2 Å². The normalized spacial score (nSPS) is 11.0. The van der Waals surface area contributed by atoms with Crippen molar-refractivity contribution in [3.05, 3.63) is 59.7 Å². The molecule has 0 aliphatic rings. The fourth-order valence-electron chi connectivity index (χ4n) is 2.25. The number of anilines is 1. The monoisotopic (exact) mass is 375 g/mol. The number of aryl methyl sites for hydroxylation is 1. The Balaban J connectivity index is 1.97. The molecule has 0 aromatic heterocycles. The highest BCUT2D eigenvalue weighted by Crippen LogP contribution is 2.15. The average Bonchev–Trinajstić information content (AvgIpc) is 2.61. The number of amides is 1. The highest BCUT2D eigenvalue weighted by molar-refractivity contribution is 7.91. The van der Waals surface area contributed by atoms with Gasteiger partial charge in [0, 0.05) is 12.1 Å². The van der Waals surface area contributed by atoms with Gasteiger partial charge in [-0.1, -0.05) is 23.8 Å². The highest BCUT2D eigenvalue weighted by atomic mass is 32.2. The Morgan fingerprint density at radius 3 is 2.42 bits per heavy atom. The van der Waals surface area contributed by atoms with Crippen LogP contribution in [0.4, 0.5) is 5.69 Å². The maximum atomic E-state index is 12.3. The summed E-state index contributed by atoms with van der Waals surface area (Å²) in [5.41, 5.74) is 1.69. The second kappa shape index (κ2) is 8.62. The number of carbonyl (C=O) groups is 2. The largest absolute Gasteiger partial charge is 0.462 e. The van der Waals surface area contributed by atoms with Gasteiger partial charge in [-0.15, -0.1) is 0 Å². The van der Waals surface area contributed by atoms with Gasteiger partial charge in [-0.05, 0) is 44.2 Å². The molecule has 6 nitrogen and oxygen atoms in total. The zero-order valence-electron chi connectivity index (χ0n) is 14.7. The van der Waals surface area contributed by atoms with Gasteiger partial charge in [-0.2, -0.15) is 0 Å². The number of sulfone groups is 1. The molecule has 0 atom stereocenters. The van der Waals surface area contributed by atoms with E-state index in [1.54, 1.807) is 37.3 Å². The average molecular weight is 375 g/mol. The number of carbonyl (C=O) groups excluding carboxylic acids is 2. The molecule has 0 radical (unpaired) electrons. The second-order valence-corrected chi connectivity index (χ2v) is 7.84. The molecule has 0 unspecified atom stereocenters. The quantitative estimate of drug-likeness (QED) is 0.752. The summed E-state index contributed by atoms with van der Waals surface area (Å²) in [7, 11) is -3.53. The Kier molecular flexibility index (Phi) is 6.52. The number of hydrogen-bond donors (Lipinski definition) is 1. The number of benzene rings is 2. The van der Waals surface area contributed by atoms with E-state index >= 15 is 0 Å². The smallest absolute Gasteiger partial charge is 0.338 e. The molecular weight excluding hydrogens is 354 g/mol. The minimum absolute atomic E-state index is 0.181. The molecule has 2 rings (SSSR count). The molecule has 2 aromatic carbocycles. The third kappa shape index (κ3) is 5.42. The van der Waals surface area contributed by atoms with Crippen LogP contribution in [0.25, 0.3) is 0 Å². The van der Waals surface area contributed by atoms with Crippen LogP contribution in [0.1, 0.15) is 29.3 Å². The van der Waals surface area contributed by atoms with E-state index in [-0.39, 0.29) is 23.7 Å². The van der Waals surface area contributed by atoms with Crippen LogP contribution in [0.15, 0.2) is 53.4 Å². The molecule has 0 saturated carbocycles. The number of rotatable bonds is 7. The molecule has 7 heteroatoms. The van der Waals surface area contributed by atoms with E-state index in [1.807, 2.05) is 6.92 Å². The minimum Gasteiger partial charge on any atom is -0.462 e.